The molecule has 0 bridgehead atoms. The number of aromatic nitrogens is 1. The summed E-state index contributed by atoms with van der Waals surface area (Å²) in [4.78, 5) is 7.30. The Hall–Kier alpha value is -1.45. The molecular formula is C26H34ClFN2. The van der Waals surface area contributed by atoms with E-state index in [2.05, 4.69) is 36.7 Å². The SMILES string of the molecule is CC(C)(C)CCN1CCC2(CC1)CC2CCc1ccc(-c2cc(F)ccc2Cl)cn1. The van der Waals surface area contributed by atoms with Gasteiger partial charge in [0.2, 0.25) is 0 Å². The van der Waals surface area contributed by atoms with E-state index in [9.17, 15) is 4.39 Å². The minimum Gasteiger partial charge on any atom is -0.303 e. The number of rotatable bonds is 6. The lowest BCUT2D eigenvalue weighted by Gasteiger charge is -2.34. The van der Waals surface area contributed by atoms with Crippen molar-refractivity contribution in [2.45, 2.75) is 59.3 Å². The lowest BCUT2D eigenvalue weighted by molar-refractivity contribution is 0.145. The van der Waals surface area contributed by atoms with Crippen LogP contribution in [-0.2, 0) is 6.42 Å². The molecule has 30 heavy (non-hydrogen) atoms. The lowest BCUT2D eigenvalue weighted by atomic mass is 9.88. The Labute approximate surface area is 185 Å². The van der Waals surface area contributed by atoms with Crippen LogP contribution in [0.1, 0.15) is 58.6 Å². The zero-order chi connectivity index (χ0) is 21.4. The van der Waals surface area contributed by atoms with Gasteiger partial charge in [-0.3, -0.25) is 4.98 Å². The summed E-state index contributed by atoms with van der Waals surface area (Å²) in [6.45, 7) is 10.8. The van der Waals surface area contributed by atoms with Crippen molar-refractivity contribution in [3.63, 3.8) is 0 Å². The summed E-state index contributed by atoms with van der Waals surface area (Å²) in [6, 6.07) is 8.54. The molecule has 1 atom stereocenters. The second-order valence-corrected chi connectivity index (χ2v) is 11.0. The van der Waals surface area contributed by atoms with Crippen molar-refractivity contribution in [3.05, 3.63) is 53.1 Å². The molecule has 1 saturated carbocycles. The first-order valence-corrected chi connectivity index (χ1v) is 11.7. The maximum atomic E-state index is 13.5. The summed E-state index contributed by atoms with van der Waals surface area (Å²) < 4.78 is 13.5. The number of halogens is 2. The van der Waals surface area contributed by atoms with Crippen molar-refractivity contribution in [1.29, 1.82) is 0 Å². The molecular weight excluding hydrogens is 395 g/mol. The molecule has 162 valence electrons. The van der Waals surface area contributed by atoms with Crippen LogP contribution in [0.2, 0.25) is 5.02 Å². The molecule has 1 unspecified atom stereocenters. The number of nitrogens with zero attached hydrogens (tertiary/aromatic N) is 2. The second-order valence-electron chi connectivity index (χ2n) is 10.6. The number of piperidine rings is 1. The zero-order valence-corrected chi connectivity index (χ0v) is 19.3. The van der Waals surface area contributed by atoms with Crippen molar-refractivity contribution in [3.8, 4) is 11.1 Å². The molecule has 2 heterocycles. The number of pyridine rings is 1. The molecule has 2 aliphatic rings. The Kier molecular flexibility index (Phi) is 6.23. The van der Waals surface area contributed by atoms with Crippen LogP contribution >= 0.6 is 11.6 Å². The van der Waals surface area contributed by atoms with Crippen molar-refractivity contribution in [2.75, 3.05) is 19.6 Å². The Bertz CT molecular complexity index is 864. The number of hydrogen-bond acceptors (Lipinski definition) is 2. The fraction of sp³-hybridized carbons (Fsp3) is 0.577. The van der Waals surface area contributed by atoms with Crippen LogP contribution in [0.5, 0.6) is 0 Å². The van der Waals surface area contributed by atoms with Crippen LogP contribution in [0.15, 0.2) is 36.5 Å². The Balaban J connectivity index is 1.25. The summed E-state index contributed by atoms with van der Waals surface area (Å²) in [5.41, 5.74) is 3.74. The van der Waals surface area contributed by atoms with Crippen LogP contribution in [0, 0.1) is 22.6 Å². The van der Waals surface area contributed by atoms with Gasteiger partial charge in [-0.15, -0.1) is 0 Å². The van der Waals surface area contributed by atoms with Crippen LogP contribution in [-0.4, -0.2) is 29.5 Å². The average Bonchev–Trinajstić information content (AvgIpc) is 3.39. The Morgan fingerprint density at radius 2 is 1.93 bits per heavy atom. The van der Waals surface area contributed by atoms with Gasteiger partial charge < -0.3 is 4.90 Å². The van der Waals surface area contributed by atoms with Gasteiger partial charge in [0.25, 0.3) is 0 Å². The molecule has 2 aromatic rings. The van der Waals surface area contributed by atoms with Gasteiger partial charge in [0.15, 0.2) is 0 Å². The van der Waals surface area contributed by atoms with Crippen molar-refractivity contribution >= 4 is 11.6 Å². The molecule has 1 aliphatic heterocycles. The third kappa shape index (κ3) is 5.23. The number of aryl methyl sites for hydroxylation is 1. The average molecular weight is 429 g/mol. The largest absolute Gasteiger partial charge is 0.303 e. The van der Waals surface area contributed by atoms with Gasteiger partial charge >= 0.3 is 0 Å². The topological polar surface area (TPSA) is 16.1 Å². The van der Waals surface area contributed by atoms with E-state index >= 15 is 0 Å². The van der Waals surface area contributed by atoms with E-state index in [4.69, 9.17) is 11.6 Å². The van der Waals surface area contributed by atoms with Crippen LogP contribution in [0.3, 0.4) is 0 Å². The van der Waals surface area contributed by atoms with E-state index in [0.717, 1.165) is 23.6 Å². The van der Waals surface area contributed by atoms with Crippen LogP contribution in [0.25, 0.3) is 11.1 Å². The first-order chi connectivity index (χ1) is 14.2. The van der Waals surface area contributed by atoms with E-state index in [1.165, 1.54) is 63.9 Å². The van der Waals surface area contributed by atoms with E-state index < -0.39 is 0 Å². The van der Waals surface area contributed by atoms with Crippen LogP contribution in [0.4, 0.5) is 4.39 Å². The van der Waals surface area contributed by atoms with Gasteiger partial charge in [0, 0.05) is 28.0 Å². The molecule has 1 aliphatic carbocycles. The fourth-order valence-corrected chi connectivity index (χ4v) is 5.17. The highest BCUT2D eigenvalue weighted by atomic mass is 35.5. The van der Waals surface area contributed by atoms with Crippen molar-refractivity contribution in [2.24, 2.45) is 16.7 Å². The third-order valence-corrected chi connectivity index (χ3v) is 7.53. The molecule has 4 heteroatoms. The summed E-state index contributed by atoms with van der Waals surface area (Å²) in [5, 5.41) is 0.555. The summed E-state index contributed by atoms with van der Waals surface area (Å²) in [5.74, 6) is 0.586. The standard InChI is InChI=1S/C26H34ClFN2/c1-25(2,3)10-13-30-14-11-26(12-15-30)17-20(26)5-8-22-7-4-19(18-29-22)23-16-21(28)6-9-24(23)27/h4,6-7,9,16,18,20H,5,8,10-15,17H2,1-3H3. The van der Waals surface area contributed by atoms with E-state index in [1.54, 1.807) is 6.07 Å². The molecule has 0 N–H and O–H groups in total. The summed E-state index contributed by atoms with van der Waals surface area (Å²) in [7, 11) is 0. The monoisotopic (exact) mass is 428 g/mol. The maximum absolute atomic E-state index is 13.5. The third-order valence-electron chi connectivity index (χ3n) is 7.20. The molecule has 0 radical (unpaired) electrons. The highest BCUT2D eigenvalue weighted by molar-refractivity contribution is 6.33. The fourth-order valence-electron chi connectivity index (χ4n) is 4.94. The second kappa shape index (κ2) is 8.59. The van der Waals surface area contributed by atoms with E-state index in [-0.39, 0.29) is 5.82 Å². The minimum absolute atomic E-state index is 0.276. The highest BCUT2D eigenvalue weighted by Crippen LogP contribution is 2.61. The zero-order valence-electron chi connectivity index (χ0n) is 18.6. The maximum Gasteiger partial charge on any atom is 0.123 e. The molecule has 2 fully saturated rings. The Morgan fingerprint density at radius 3 is 2.60 bits per heavy atom. The first kappa shape index (κ1) is 21.8. The van der Waals surface area contributed by atoms with E-state index in [1.807, 2.05) is 12.3 Å². The molecule has 1 spiro atoms. The minimum atomic E-state index is -0.276. The molecule has 4 rings (SSSR count). The normalized spacial score (nSPS) is 21.2. The number of hydrogen-bond donors (Lipinski definition) is 0. The van der Waals surface area contributed by atoms with Gasteiger partial charge in [0.1, 0.15) is 5.82 Å². The molecule has 1 aromatic carbocycles. The highest BCUT2D eigenvalue weighted by Gasteiger charge is 2.53. The van der Waals surface area contributed by atoms with Crippen LogP contribution < -0.4 is 0 Å². The molecule has 2 nitrogen and oxygen atoms in total. The van der Waals surface area contributed by atoms with Gasteiger partial charge in [-0.05, 0) is 99.2 Å². The Morgan fingerprint density at radius 1 is 1.17 bits per heavy atom. The summed E-state index contributed by atoms with van der Waals surface area (Å²) in [6.07, 6.45) is 9.50. The lowest BCUT2D eigenvalue weighted by Crippen LogP contribution is -2.37. The van der Waals surface area contributed by atoms with Gasteiger partial charge in [-0.1, -0.05) is 38.4 Å². The summed E-state index contributed by atoms with van der Waals surface area (Å²) >= 11 is 6.22. The quantitative estimate of drug-likeness (QED) is 0.491. The molecule has 1 saturated heterocycles. The number of benzene rings is 1. The van der Waals surface area contributed by atoms with Gasteiger partial charge in [-0.2, -0.15) is 0 Å². The van der Waals surface area contributed by atoms with Crippen molar-refractivity contribution in [1.82, 2.24) is 9.88 Å². The van der Waals surface area contributed by atoms with E-state index in [0.29, 0.717) is 21.4 Å². The molecule has 1 aromatic heterocycles. The first-order valence-electron chi connectivity index (χ1n) is 11.4. The number of likely N-dealkylation sites (tertiary alicyclic amines) is 1. The smallest absolute Gasteiger partial charge is 0.123 e. The van der Waals surface area contributed by atoms with Gasteiger partial charge in [-0.25, -0.2) is 4.39 Å². The molecule has 0 amide bonds. The predicted molar refractivity (Wildman–Crippen MR) is 123 cm³/mol. The predicted octanol–water partition coefficient (Wildman–Crippen LogP) is 7.01. The van der Waals surface area contributed by atoms with Crippen molar-refractivity contribution < 1.29 is 4.39 Å². The van der Waals surface area contributed by atoms with Gasteiger partial charge in [0.05, 0.1) is 0 Å².